The fraction of sp³-hybridized carbons (Fsp3) is 0.308. The van der Waals surface area contributed by atoms with Crippen LogP contribution in [0.4, 0.5) is 0 Å². The van der Waals surface area contributed by atoms with E-state index in [4.69, 9.17) is 4.74 Å². The highest BCUT2D eigenvalue weighted by Gasteiger charge is 2.19. The van der Waals surface area contributed by atoms with Gasteiger partial charge in [-0.05, 0) is 25.5 Å². The lowest BCUT2D eigenvalue weighted by Gasteiger charge is -2.11. The number of carbonyl (C=O) groups excluding carboxylic acids is 1. The number of esters is 1. The highest BCUT2D eigenvalue weighted by Crippen LogP contribution is 2.25. The zero-order valence-corrected chi connectivity index (χ0v) is 11.8. The van der Waals surface area contributed by atoms with Crippen molar-refractivity contribution in [3.63, 3.8) is 0 Å². The van der Waals surface area contributed by atoms with E-state index in [1.165, 1.54) is 18.9 Å². The van der Waals surface area contributed by atoms with E-state index in [1.807, 2.05) is 35.8 Å². The summed E-state index contributed by atoms with van der Waals surface area (Å²) < 4.78 is 6.59. The molecule has 0 amide bonds. The number of ether oxygens (including phenoxy) is 1. The molecule has 1 atom stereocenters. The van der Waals surface area contributed by atoms with Gasteiger partial charge in [-0.1, -0.05) is 30.0 Å². The first-order valence-electron chi connectivity index (χ1n) is 5.84. The monoisotopic (exact) mass is 277 g/mol. The van der Waals surface area contributed by atoms with E-state index in [2.05, 4.69) is 10.2 Å². The fourth-order valence-corrected chi connectivity index (χ4v) is 2.54. The lowest BCUT2D eigenvalue weighted by molar-refractivity contribution is -0.139. The van der Waals surface area contributed by atoms with Crippen molar-refractivity contribution < 1.29 is 9.53 Å². The first-order valence-corrected chi connectivity index (χ1v) is 6.72. The van der Waals surface area contributed by atoms with Crippen LogP contribution >= 0.6 is 11.8 Å². The van der Waals surface area contributed by atoms with Crippen molar-refractivity contribution in [3.05, 3.63) is 36.2 Å². The molecule has 0 fully saturated rings. The van der Waals surface area contributed by atoms with Crippen LogP contribution in [0.25, 0.3) is 5.69 Å². The Balaban J connectivity index is 2.28. The number of methoxy groups -OCH3 is 1. The molecule has 0 aliphatic rings. The molecule has 0 radical (unpaired) electrons. The van der Waals surface area contributed by atoms with Crippen LogP contribution in [0.1, 0.15) is 12.5 Å². The molecule has 100 valence electrons. The van der Waals surface area contributed by atoms with Crippen LogP contribution < -0.4 is 0 Å². The van der Waals surface area contributed by atoms with Crippen LogP contribution in [-0.4, -0.2) is 33.1 Å². The van der Waals surface area contributed by atoms with E-state index in [0.717, 1.165) is 11.3 Å². The van der Waals surface area contributed by atoms with Crippen LogP contribution in [0.15, 0.2) is 35.7 Å². The minimum Gasteiger partial charge on any atom is -0.468 e. The predicted octanol–water partition coefficient (Wildman–Crippen LogP) is 2.23. The van der Waals surface area contributed by atoms with Crippen molar-refractivity contribution >= 4 is 17.7 Å². The Kier molecular flexibility index (Phi) is 4.21. The number of carbonyl (C=O) groups is 1. The van der Waals surface area contributed by atoms with Crippen LogP contribution in [0, 0.1) is 6.92 Å². The molecule has 1 aromatic carbocycles. The quantitative estimate of drug-likeness (QED) is 0.633. The Hall–Kier alpha value is -1.82. The van der Waals surface area contributed by atoms with Gasteiger partial charge >= 0.3 is 5.97 Å². The third-order valence-electron chi connectivity index (χ3n) is 2.71. The zero-order chi connectivity index (χ0) is 13.8. The Bertz CT molecular complexity index is 583. The molecule has 1 unspecified atom stereocenters. The molecule has 0 saturated heterocycles. The largest absolute Gasteiger partial charge is 0.468 e. The fourth-order valence-electron chi connectivity index (χ4n) is 1.68. The molecule has 19 heavy (non-hydrogen) atoms. The van der Waals surface area contributed by atoms with Crippen molar-refractivity contribution in [2.45, 2.75) is 24.3 Å². The molecule has 0 bridgehead atoms. The molecule has 0 saturated carbocycles. The standard InChI is InChI=1S/C13H15N3O2S/c1-9-6-4-5-7-11(9)16-8-14-15-13(16)19-10(2)12(17)18-3/h4-8,10H,1-3H3. The maximum atomic E-state index is 11.5. The maximum absolute atomic E-state index is 11.5. The second kappa shape index (κ2) is 5.88. The van der Waals surface area contributed by atoms with E-state index in [-0.39, 0.29) is 11.2 Å². The van der Waals surface area contributed by atoms with Crippen molar-refractivity contribution in [2.75, 3.05) is 7.11 Å². The topological polar surface area (TPSA) is 57.0 Å². The van der Waals surface area contributed by atoms with Gasteiger partial charge in [0.25, 0.3) is 0 Å². The summed E-state index contributed by atoms with van der Waals surface area (Å²) in [7, 11) is 1.38. The maximum Gasteiger partial charge on any atom is 0.318 e. The number of rotatable bonds is 4. The Labute approximate surface area is 116 Å². The molecule has 6 heteroatoms. The average Bonchev–Trinajstić information content (AvgIpc) is 2.86. The van der Waals surface area contributed by atoms with Gasteiger partial charge < -0.3 is 4.74 Å². The van der Waals surface area contributed by atoms with Crippen LogP contribution in [0.3, 0.4) is 0 Å². The highest BCUT2D eigenvalue weighted by atomic mass is 32.2. The Morgan fingerprint density at radius 2 is 2.16 bits per heavy atom. The lowest BCUT2D eigenvalue weighted by atomic mass is 10.2. The van der Waals surface area contributed by atoms with E-state index >= 15 is 0 Å². The number of aromatic nitrogens is 3. The molecule has 0 spiro atoms. The number of aryl methyl sites for hydroxylation is 1. The summed E-state index contributed by atoms with van der Waals surface area (Å²) in [5.41, 5.74) is 2.13. The second-order valence-corrected chi connectivity index (χ2v) is 5.36. The summed E-state index contributed by atoms with van der Waals surface area (Å²) in [6.07, 6.45) is 1.65. The number of thioether (sulfide) groups is 1. The van der Waals surface area contributed by atoms with E-state index in [9.17, 15) is 4.79 Å². The van der Waals surface area contributed by atoms with Crippen LogP contribution in [0.2, 0.25) is 0 Å². The zero-order valence-electron chi connectivity index (χ0n) is 11.0. The van der Waals surface area contributed by atoms with Gasteiger partial charge in [0.05, 0.1) is 12.8 Å². The van der Waals surface area contributed by atoms with E-state index < -0.39 is 0 Å². The summed E-state index contributed by atoms with van der Waals surface area (Å²) >= 11 is 1.33. The Morgan fingerprint density at radius 1 is 1.42 bits per heavy atom. The molecular weight excluding hydrogens is 262 g/mol. The highest BCUT2D eigenvalue weighted by molar-refractivity contribution is 8.00. The van der Waals surface area contributed by atoms with Crippen LogP contribution in [-0.2, 0) is 9.53 Å². The predicted molar refractivity (Wildman–Crippen MR) is 73.4 cm³/mol. The van der Waals surface area contributed by atoms with E-state index in [1.54, 1.807) is 13.3 Å². The molecule has 2 aromatic rings. The molecule has 0 aliphatic heterocycles. The van der Waals surface area contributed by atoms with Gasteiger partial charge in [0.15, 0.2) is 5.16 Å². The summed E-state index contributed by atoms with van der Waals surface area (Å²) in [4.78, 5) is 11.5. The minimum atomic E-state index is -0.322. The normalized spacial score (nSPS) is 12.2. The van der Waals surface area contributed by atoms with Crippen molar-refractivity contribution in [1.29, 1.82) is 0 Å². The van der Waals surface area contributed by atoms with Gasteiger partial charge in [-0.3, -0.25) is 9.36 Å². The second-order valence-electron chi connectivity index (χ2n) is 4.05. The van der Waals surface area contributed by atoms with Gasteiger partial charge in [0.1, 0.15) is 11.6 Å². The average molecular weight is 277 g/mol. The van der Waals surface area contributed by atoms with Gasteiger partial charge in [0.2, 0.25) is 0 Å². The third kappa shape index (κ3) is 2.96. The summed E-state index contributed by atoms with van der Waals surface area (Å²) in [5, 5.41) is 8.33. The molecule has 0 aliphatic carbocycles. The first-order chi connectivity index (χ1) is 9.13. The van der Waals surface area contributed by atoms with Gasteiger partial charge in [-0.2, -0.15) is 0 Å². The van der Waals surface area contributed by atoms with Gasteiger partial charge in [-0.25, -0.2) is 0 Å². The summed E-state index contributed by atoms with van der Waals surface area (Å²) in [6, 6.07) is 7.95. The van der Waals surface area contributed by atoms with Gasteiger partial charge in [0, 0.05) is 0 Å². The molecule has 1 aromatic heterocycles. The number of hydrogen-bond donors (Lipinski definition) is 0. The molecule has 1 heterocycles. The third-order valence-corrected chi connectivity index (χ3v) is 3.74. The first kappa shape index (κ1) is 13.6. The van der Waals surface area contributed by atoms with Crippen molar-refractivity contribution in [2.24, 2.45) is 0 Å². The molecule has 5 nitrogen and oxygen atoms in total. The van der Waals surface area contributed by atoms with Crippen molar-refractivity contribution in [3.8, 4) is 5.69 Å². The number of benzene rings is 1. The van der Waals surface area contributed by atoms with Crippen molar-refractivity contribution in [1.82, 2.24) is 14.8 Å². The molecule has 2 rings (SSSR count). The molecule has 0 N–H and O–H groups in total. The minimum absolute atomic E-state index is 0.274. The van der Waals surface area contributed by atoms with Crippen LogP contribution in [0.5, 0.6) is 0 Å². The van der Waals surface area contributed by atoms with E-state index in [0.29, 0.717) is 5.16 Å². The lowest BCUT2D eigenvalue weighted by Crippen LogP contribution is -2.15. The number of para-hydroxylation sites is 1. The SMILES string of the molecule is COC(=O)C(C)Sc1nncn1-c1ccccc1C. The smallest absolute Gasteiger partial charge is 0.318 e. The number of nitrogens with zero attached hydrogens (tertiary/aromatic N) is 3. The van der Waals surface area contributed by atoms with Gasteiger partial charge in [-0.15, -0.1) is 10.2 Å². The Morgan fingerprint density at radius 3 is 2.84 bits per heavy atom. The number of hydrogen-bond acceptors (Lipinski definition) is 5. The summed E-state index contributed by atoms with van der Waals surface area (Å²) in [5.74, 6) is -0.274. The molecular formula is C13H15N3O2S. The summed E-state index contributed by atoms with van der Waals surface area (Å²) in [6.45, 7) is 3.81.